The summed E-state index contributed by atoms with van der Waals surface area (Å²) in [6, 6.07) is 8.31. The van der Waals surface area contributed by atoms with E-state index in [9.17, 15) is 0 Å². The van der Waals surface area contributed by atoms with Crippen LogP contribution in [0.1, 0.15) is 25.0 Å². The van der Waals surface area contributed by atoms with E-state index >= 15 is 0 Å². The molecule has 2 rings (SSSR count). The van der Waals surface area contributed by atoms with Gasteiger partial charge in [0.25, 0.3) is 0 Å². The number of benzene rings is 1. The van der Waals surface area contributed by atoms with Crippen LogP contribution >= 0.6 is 12.2 Å². The first kappa shape index (κ1) is 12.8. The number of allylic oxidation sites excluding steroid dienone is 1. The molecule has 2 nitrogen and oxygen atoms in total. The summed E-state index contributed by atoms with van der Waals surface area (Å²) in [6.45, 7) is 6.31. The van der Waals surface area contributed by atoms with Gasteiger partial charge in [-0.3, -0.25) is 0 Å². The maximum absolute atomic E-state index is 5.19. The molecule has 0 spiro atoms. The standard InChI is InChI=1S/C15H18N2S/c1-11-6-4-5-7-12(11)8-9-13-10-15(2,3)17-14(18)16-13/h4-10H,1-3H3,(H2,16,17,18). The Kier molecular flexibility index (Phi) is 3.53. The van der Waals surface area contributed by atoms with E-state index in [1.54, 1.807) is 0 Å². The Balaban J connectivity index is 2.22. The highest BCUT2D eigenvalue weighted by Crippen LogP contribution is 2.15. The molecule has 0 aromatic heterocycles. The number of nitrogens with one attached hydrogen (secondary N) is 2. The lowest BCUT2D eigenvalue weighted by atomic mass is 10.0. The fourth-order valence-corrected chi connectivity index (χ4v) is 2.34. The average Bonchev–Trinajstić information content (AvgIpc) is 2.25. The zero-order chi connectivity index (χ0) is 13.2. The van der Waals surface area contributed by atoms with Gasteiger partial charge >= 0.3 is 0 Å². The smallest absolute Gasteiger partial charge is 0.171 e. The number of hydrogen-bond donors (Lipinski definition) is 2. The van der Waals surface area contributed by atoms with Crippen LogP contribution < -0.4 is 10.6 Å². The maximum Gasteiger partial charge on any atom is 0.171 e. The van der Waals surface area contributed by atoms with Gasteiger partial charge in [-0.1, -0.05) is 30.3 Å². The van der Waals surface area contributed by atoms with E-state index in [0.717, 1.165) is 5.70 Å². The van der Waals surface area contributed by atoms with Crippen molar-refractivity contribution < 1.29 is 0 Å². The summed E-state index contributed by atoms with van der Waals surface area (Å²) in [5.41, 5.74) is 3.42. The van der Waals surface area contributed by atoms with E-state index in [1.165, 1.54) is 11.1 Å². The second-order valence-electron chi connectivity index (χ2n) is 5.09. The Morgan fingerprint density at radius 1 is 1.17 bits per heavy atom. The molecular formula is C15H18N2S. The molecule has 1 aliphatic heterocycles. The zero-order valence-corrected chi connectivity index (χ0v) is 11.8. The molecule has 1 aromatic rings. The number of thiocarbonyl (C=S) groups is 1. The minimum Gasteiger partial charge on any atom is -0.354 e. The molecular weight excluding hydrogens is 240 g/mol. The lowest BCUT2D eigenvalue weighted by Gasteiger charge is -2.30. The van der Waals surface area contributed by atoms with Gasteiger partial charge in [-0.05, 0) is 56.3 Å². The minimum absolute atomic E-state index is 0.103. The van der Waals surface area contributed by atoms with Crippen LogP contribution in [-0.2, 0) is 0 Å². The first-order chi connectivity index (χ1) is 8.46. The predicted molar refractivity (Wildman–Crippen MR) is 81.2 cm³/mol. The summed E-state index contributed by atoms with van der Waals surface area (Å²) in [5, 5.41) is 7.03. The molecule has 0 saturated carbocycles. The minimum atomic E-state index is -0.103. The Morgan fingerprint density at radius 3 is 2.56 bits per heavy atom. The summed E-state index contributed by atoms with van der Waals surface area (Å²) in [5.74, 6) is 0. The van der Waals surface area contributed by atoms with Crippen molar-refractivity contribution in [2.75, 3.05) is 0 Å². The Bertz CT molecular complexity index is 527. The molecule has 0 atom stereocenters. The van der Waals surface area contributed by atoms with E-state index in [2.05, 4.69) is 61.8 Å². The summed E-state index contributed by atoms with van der Waals surface area (Å²) >= 11 is 5.19. The molecule has 1 aromatic carbocycles. The van der Waals surface area contributed by atoms with E-state index in [-0.39, 0.29) is 5.54 Å². The highest BCUT2D eigenvalue weighted by molar-refractivity contribution is 7.80. The zero-order valence-electron chi connectivity index (χ0n) is 10.9. The molecule has 0 fully saturated rings. The third-order valence-corrected chi connectivity index (χ3v) is 3.04. The van der Waals surface area contributed by atoms with Crippen molar-refractivity contribution in [3.63, 3.8) is 0 Å². The van der Waals surface area contributed by atoms with Crippen molar-refractivity contribution in [2.24, 2.45) is 0 Å². The lowest BCUT2D eigenvalue weighted by molar-refractivity contribution is 0.555. The fraction of sp³-hybridized carbons (Fsp3) is 0.267. The largest absolute Gasteiger partial charge is 0.354 e. The first-order valence-corrected chi connectivity index (χ1v) is 6.43. The molecule has 0 saturated heterocycles. The molecule has 18 heavy (non-hydrogen) atoms. The Hall–Kier alpha value is -1.61. The van der Waals surface area contributed by atoms with Crippen LogP contribution in [0.3, 0.4) is 0 Å². The molecule has 1 aliphatic rings. The van der Waals surface area contributed by atoms with Crippen molar-refractivity contribution in [3.05, 3.63) is 53.2 Å². The van der Waals surface area contributed by atoms with Crippen LogP contribution in [0.5, 0.6) is 0 Å². The molecule has 0 bridgehead atoms. The molecule has 1 heterocycles. The van der Waals surface area contributed by atoms with E-state index in [4.69, 9.17) is 12.2 Å². The summed E-state index contributed by atoms with van der Waals surface area (Å²) in [6.07, 6.45) is 6.31. The van der Waals surface area contributed by atoms with Crippen LogP contribution in [0.25, 0.3) is 6.08 Å². The quantitative estimate of drug-likeness (QED) is 0.797. The van der Waals surface area contributed by atoms with E-state index < -0.39 is 0 Å². The number of rotatable bonds is 2. The highest BCUT2D eigenvalue weighted by atomic mass is 32.1. The molecule has 0 unspecified atom stereocenters. The van der Waals surface area contributed by atoms with Gasteiger partial charge in [-0.15, -0.1) is 0 Å². The van der Waals surface area contributed by atoms with Crippen LogP contribution in [0.2, 0.25) is 0 Å². The average molecular weight is 258 g/mol. The van der Waals surface area contributed by atoms with Gasteiger partial charge in [-0.2, -0.15) is 0 Å². The van der Waals surface area contributed by atoms with E-state index in [1.807, 2.05) is 12.1 Å². The SMILES string of the molecule is Cc1ccccc1C=CC1=CC(C)(C)NC(=S)N1. The van der Waals surface area contributed by atoms with Gasteiger partial charge in [0.2, 0.25) is 0 Å². The highest BCUT2D eigenvalue weighted by Gasteiger charge is 2.20. The van der Waals surface area contributed by atoms with Gasteiger partial charge in [0.1, 0.15) is 0 Å². The second kappa shape index (κ2) is 4.94. The van der Waals surface area contributed by atoms with Crippen LogP contribution in [0.4, 0.5) is 0 Å². The van der Waals surface area contributed by atoms with Crippen molar-refractivity contribution in [2.45, 2.75) is 26.3 Å². The van der Waals surface area contributed by atoms with Crippen molar-refractivity contribution in [1.82, 2.24) is 10.6 Å². The van der Waals surface area contributed by atoms with Gasteiger partial charge in [0.05, 0.1) is 5.54 Å². The predicted octanol–water partition coefficient (Wildman–Crippen LogP) is 3.15. The molecule has 94 valence electrons. The first-order valence-electron chi connectivity index (χ1n) is 6.02. The Labute approximate surface area is 114 Å². The molecule has 0 aliphatic carbocycles. The van der Waals surface area contributed by atoms with Crippen molar-refractivity contribution >= 4 is 23.4 Å². The number of aryl methyl sites for hydroxylation is 1. The van der Waals surface area contributed by atoms with Crippen molar-refractivity contribution in [3.8, 4) is 0 Å². The maximum atomic E-state index is 5.19. The van der Waals surface area contributed by atoms with Crippen LogP contribution in [0.15, 0.2) is 42.1 Å². The van der Waals surface area contributed by atoms with Gasteiger partial charge in [0.15, 0.2) is 5.11 Å². The molecule has 3 heteroatoms. The lowest BCUT2D eigenvalue weighted by Crippen LogP contribution is -2.51. The fourth-order valence-electron chi connectivity index (χ4n) is 1.96. The van der Waals surface area contributed by atoms with Crippen LogP contribution in [-0.4, -0.2) is 10.7 Å². The normalized spacial score (nSPS) is 18.2. The molecule has 0 amide bonds. The van der Waals surface area contributed by atoms with Gasteiger partial charge in [0, 0.05) is 5.70 Å². The third-order valence-electron chi connectivity index (χ3n) is 2.84. The summed E-state index contributed by atoms with van der Waals surface area (Å²) < 4.78 is 0. The summed E-state index contributed by atoms with van der Waals surface area (Å²) in [4.78, 5) is 0. The van der Waals surface area contributed by atoms with Gasteiger partial charge < -0.3 is 10.6 Å². The molecule has 2 N–H and O–H groups in total. The third kappa shape index (κ3) is 3.20. The van der Waals surface area contributed by atoms with Crippen molar-refractivity contribution in [1.29, 1.82) is 0 Å². The molecule has 0 radical (unpaired) electrons. The topological polar surface area (TPSA) is 24.1 Å². The second-order valence-corrected chi connectivity index (χ2v) is 5.50. The van der Waals surface area contributed by atoms with Gasteiger partial charge in [-0.25, -0.2) is 0 Å². The number of hydrogen-bond acceptors (Lipinski definition) is 1. The van der Waals surface area contributed by atoms with Crippen LogP contribution in [0, 0.1) is 6.92 Å². The Morgan fingerprint density at radius 2 is 1.89 bits per heavy atom. The van der Waals surface area contributed by atoms with E-state index in [0.29, 0.717) is 5.11 Å². The summed E-state index contributed by atoms with van der Waals surface area (Å²) in [7, 11) is 0. The monoisotopic (exact) mass is 258 g/mol.